The van der Waals surface area contributed by atoms with Gasteiger partial charge in [0.2, 0.25) is 5.91 Å². The van der Waals surface area contributed by atoms with Gasteiger partial charge in [0.25, 0.3) is 0 Å². The number of aryl methyl sites for hydroxylation is 3. The van der Waals surface area contributed by atoms with E-state index in [0.717, 1.165) is 62.6 Å². The molecule has 1 aliphatic heterocycles. The lowest BCUT2D eigenvalue weighted by Crippen LogP contribution is -2.27. The minimum absolute atomic E-state index is 0.306. The largest absolute Gasteiger partial charge is 0.427 e. The van der Waals surface area contributed by atoms with Crippen LogP contribution in [0.2, 0.25) is 0 Å². The molecule has 3 aromatic rings. The predicted molar refractivity (Wildman–Crippen MR) is 130 cm³/mol. The second kappa shape index (κ2) is 9.90. The van der Waals surface area contributed by atoms with Crippen LogP contribution >= 0.6 is 11.3 Å². The lowest BCUT2D eigenvalue weighted by molar-refractivity contribution is -0.132. The number of fused-ring (bicyclic) bond motifs is 1. The van der Waals surface area contributed by atoms with Gasteiger partial charge in [-0.1, -0.05) is 6.42 Å². The van der Waals surface area contributed by atoms with Crippen LogP contribution in [0.4, 0.5) is 0 Å². The first-order valence-corrected chi connectivity index (χ1v) is 12.5. The summed E-state index contributed by atoms with van der Waals surface area (Å²) < 4.78 is 7.73. The molecule has 1 fully saturated rings. The predicted octanol–water partition coefficient (Wildman–Crippen LogP) is 6.09. The number of carbonyl (C=O) groups is 2. The van der Waals surface area contributed by atoms with Gasteiger partial charge in [-0.05, 0) is 80.3 Å². The Morgan fingerprint density at radius 3 is 2.53 bits per heavy atom. The highest BCUT2D eigenvalue weighted by atomic mass is 32.1. The summed E-state index contributed by atoms with van der Waals surface area (Å²) in [6.45, 7) is 8.48. The fourth-order valence-corrected chi connectivity index (χ4v) is 5.69. The van der Waals surface area contributed by atoms with Crippen LogP contribution in [-0.4, -0.2) is 34.4 Å². The molecular formula is C26H32N2O3S. The summed E-state index contributed by atoms with van der Waals surface area (Å²) in [5.41, 5.74) is 4.88. The first-order valence-electron chi connectivity index (χ1n) is 11.6. The van der Waals surface area contributed by atoms with Crippen LogP contribution in [0.5, 0.6) is 5.75 Å². The van der Waals surface area contributed by atoms with Gasteiger partial charge in [0.05, 0.1) is 10.6 Å². The van der Waals surface area contributed by atoms with Crippen LogP contribution in [0.1, 0.15) is 56.6 Å². The second-order valence-electron chi connectivity index (χ2n) is 8.78. The summed E-state index contributed by atoms with van der Waals surface area (Å²) in [7, 11) is 0. The van der Waals surface area contributed by atoms with Crippen molar-refractivity contribution in [2.75, 3.05) is 13.1 Å². The molecule has 0 bridgehead atoms. The number of benzene rings is 1. The number of nitrogens with zero attached hydrogens (tertiary/aromatic N) is 2. The van der Waals surface area contributed by atoms with Crippen molar-refractivity contribution >= 4 is 34.1 Å². The van der Waals surface area contributed by atoms with Crippen LogP contribution in [0, 0.1) is 13.8 Å². The molecule has 5 nitrogen and oxygen atoms in total. The molecule has 2 aromatic heterocycles. The first-order chi connectivity index (χ1) is 15.4. The van der Waals surface area contributed by atoms with Crippen molar-refractivity contribution in [3.8, 4) is 16.3 Å². The van der Waals surface area contributed by atoms with Crippen LogP contribution in [0.3, 0.4) is 0 Å². The summed E-state index contributed by atoms with van der Waals surface area (Å²) in [6, 6.07) is 8.14. The van der Waals surface area contributed by atoms with Crippen LogP contribution in [0.15, 0.2) is 29.6 Å². The molecule has 0 saturated carbocycles. The lowest BCUT2D eigenvalue weighted by atomic mass is 10.1. The van der Waals surface area contributed by atoms with Gasteiger partial charge in [0.15, 0.2) is 0 Å². The second-order valence-corrected chi connectivity index (χ2v) is 9.70. The Balaban J connectivity index is 1.52. The molecule has 0 unspecified atom stereocenters. The van der Waals surface area contributed by atoms with Gasteiger partial charge in [-0.15, -0.1) is 11.3 Å². The van der Waals surface area contributed by atoms with Crippen molar-refractivity contribution < 1.29 is 14.3 Å². The third-order valence-corrected chi connectivity index (χ3v) is 7.30. The monoisotopic (exact) mass is 452 g/mol. The summed E-state index contributed by atoms with van der Waals surface area (Å²) in [6.07, 6.45) is 5.96. The van der Waals surface area contributed by atoms with E-state index in [1.165, 1.54) is 28.6 Å². The molecule has 0 atom stereocenters. The number of esters is 1. The minimum atomic E-state index is -0.306. The van der Waals surface area contributed by atoms with Gasteiger partial charge in [0, 0.05) is 43.9 Å². The fraction of sp³-hybridized carbons (Fsp3) is 0.462. The van der Waals surface area contributed by atoms with E-state index in [-0.39, 0.29) is 5.97 Å². The Kier molecular flexibility index (Phi) is 6.99. The average Bonchev–Trinajstić information content (AvgIpc) is 3.48. The van der Waals surface area contributed by atoms with Crippen molar-refractivity contribution in [1.82, 2.24) is 9.47 Å². The number of carbonyl (C=O) groups excluding carboxylic acids is 2. The fourth-order valence-electron chi connectivity index (χ4n) is 4.68. The Bertz CT molecular complexity index is 1120. The average molecular weight is 453 g/mol. The number of likely N-dealkylation sites (tertiary alicyclic amines) is 1. The van der Waals surface area contributed by atoms with Crippen molar-refractivity contribution in [2.45, 2.75) is 65.8 Å². The number of hydrogen-bond acceptors (Lipinski definition) is 4. The molecule has 1 aromatic carbocycles. The van der Waals surface area contributed by atoms with Crippen molar-refractivity contribution in [3.63, 3.8) is 0 Å². The smallest absolute Gasteiger partial charge is 0.308 e. The molecule has 0 aliphatic carbocycles. The van der Waals surface area contributed by atoms with E-state index < -0.39 is 0 Å². The third kappa shape index (κ3) is 4.90. The number of aromatic nitrogens is 1. The van der Waals surface area contributed by atoms with Gasteiger partial charge in [-0.3, -0.25) is 9.59 Å². The highest BCUT2D eigenvalue weighted by molar-refractivity contribution is 7.13. The van der Waals surface area contributed by atoms with Gasteiger partial charge < -0.3 is 14.2 Å². The topological polar surface area (TPSA) is 51.5 Å². The third-order valence-electron chi connectivity index (χ3n) is 6.24. The number of unbranched alkanes of at least 4 members (excludes halogenated alkanes) is 2. The molecule has 170 valence electrons. The number of amides is 1. The SMILES string of the molecule is CC(=O)Oc1ccc2c(c1)c(C)c(-c1cc(C)cs1)n2CCCCCC(=O)N1CCCC1. The maximum atomic E-state index is 12.3. The zero-order valence-electron chi connectivity index (χ0n) is 19.3. The molecular weight excluding hydrogens is 420 g/mol. The standard InChI is InChI=1S/C26H32N2O3S/c1-18-15-24(32-17-18)26-19(2)22-16-21(31-20(3)29)10-11-23(22)28(26)14-6-4-5-9-25(30)27-12-7-8-13-27/h10-11,15-17H,4-9,12-14H2,1-3H3. The summed E-state index contributed by atoms with van der Waals surface area (Å²) in [5, 5.41) is 3.31. The number of rotatable bonds is 8. The molecule has 1 saturated heterocycles. The van der Waals surface area contributed by atoms with E-state index in [2.05, 4.69) is 35.9 Å². The summed E-state index contributed by atoms with van der Waals surface area (Å²) >= 11 is 1.77. The molecule has 1 aliphatic rings. The number of hydrogen-bond donors (Lipinski definition) is 0. The number of ether oxygens (including phenoxy) is 1. The zero-order chi connectivity index (χ0) is 22.7. The highest BCUT2D eigenvalue weighted by Crippen LogP contribution is 2.38. The molecule has 32 heavy (non-hydrogen) atoms. The molecule has 1 amide bonds. The van der Waals surface area contributed by atoms with E-state index >= 15 is 0 Å². The lowest BCUT2D eigenvalue weighted by Gasteiger charge is -2.15. The van der Waals surface area contributed by atoms with Crippen LogP contribution < -0.4 is 4.74 Å². The molecule has 4 rings (SSSR count). The first kappa shape index (κ1) is 22.6. The summed E-state index contributed by atoms with van der Waals surface area (Å²) in [4.78, 5) is 27.0. The van der Waals surface area contributed by atoms with E-state index in [1.807, 2.05) is 17.0 Å². The van der Waals surface area contributed by atoms with Gasteiger partial charge >= 0.3 is 5.97 Å². The summed E-state index contributed by atoms with van der Waals surface area (Å²) in [5.74, 6) is 0.594. The molecule has 3 heterocycles. The van der Waals surface area contributed by atoms with Crippen LogP contribution in [0.25, 0.3) is 21.5 Å². The molecule has 0 N–H and O–H groups in total. The van der Waals surface area contributed by atoms with E-state index in [4.69, 9.17) is 4.74 Å². The van der Waals surface area contributed by atoms with Gasteiger partial charge in [-0.2, -0.15) is 0 Å². The minimum Gasteiger partial charge on any atom is -0.427 e. The Morgan fingerprint density at radius 1 is 1.06 bits per heavy atom. The Morgan fingerprint density at radius 2 is 1.84 bits per heavy atom. The Labute approximate surface area is 194 Å². The van der Waals surface area contributed by atoms with Crippen molar-refractivity contribution in [3.05, 3.63) is 40.8 Å². The molecule has 0 radical (unpaired) electrons. The highest BCUT2D eigenvalue weighted by Gasteiger charge is 2.19. The van der Waals surface area contributed by atoms with Crippen molar-refractivity contribution in [2.24, 2.45) is 0 Å². The normalized spacial score (nSPS) is 13.8. The quantitative estimate of drug-likeness (QED) is 0.236. The zero-order valence-corrected chi connectivity index (χ0v) is 20.1. The van der Waals surface area contributed by atoms with Crippen molar-refractivity contribution in [1.29, 1.82) is 0 Å². The van der Waals surface area contributed by atoms with E-state index in [9.17, 15) is 9.59 Å². The molecule has 0 spiro atoms. The Hall–Kier alpha value is -2.60. The molecule has 6 heteroatoms. The van der Waals surface area contributed by atoms with E-state index in [1.54, 1.807) is 11.3 Å². The maximum Gasteiger partial charge on any atom is 0.308 e. The van der Waals surface area contributed by atoms with Crippen LogP contribution in [-0.2, 0) is 16.1 Å². The van der Waals surface area contributed by atoms with Gasteiger partial charge in [-0.25, -0.2) is 0 Å². The van der Waals surface area contributed by atoms with E-state index in [0.29, 0.717) is 18.1 Å². The van der Waals surface area contributed by atoms with Gasteiger partial charge in [0.1, 0.15) is 5.75 Å². The maximum absolute atomic E-state index is 12.3. The number of thiophene rings is 1.